The molecule has 1 saturated heterocycles. The Hall–Kier alpha value is -4.98. The molecular weight excluding hydrogens is 494 g/mol. The zero-order chi connectivity index (χ0) is 27.2. The summed E-state index contributed by atoms with van der Waals surface area (Å²) in [6.07, 6.45) is -0.209. The van der Waals surface area contributed by atoms with Crippen LogP contribution in [0.2, 0.25) is 0 Å². The maximum absolute atomic E-state index is 12.8. The molecule has 2 aliphatic rings. The van der Waals surface area contributed by atoms with Gasteiger partial charge in [-0.25, -0.2) is 0 Å². The number of imide groups is 1. The van der Waals surface area contributed by atoms with Gasteiger partial charge in [0.05, 0.1) is 18.4 Å². The Morgan fingerprint density at radius 3 is 2.66 bits per heavy atom. The fourth-order valence-electron chi connectivity index (χ4n) is 4.13. The zero-order valence-electron chi connectivity index (χ0n) is 20.1. The van der Waals surface area contributed by atoms with E-state index in [9.17, 15) is 28.8 Å². The van der Waals surface area contributed by atoms with Gasteiger partial charge in [-0.3, -0.25) is 34.1 Å². The number of para-hydroxylation sites is 1. The zero-order valence-corrected chi connectivity index (χ0v) is 20.1. The van der Waals surface area contributed by atoms with Gasteiger partial charge in [0.2, 0.25) is 11.8 Å². The number of piperidine rings is 1. The molecule has 0 spiro atoms. The van der Waals surface area contributed by atoms with Crippen molar-refractivity contribution < 1.29 is 38.6 Å². The van der Waals surface area contributed by atoms with Crippen LogP contribution in [0, 0.1) is 11.8 Å². The monoisotopic (exact) mass is 517 g/mol. The number of hydrogen-bond donors (Lipinski definition) is 3. The van der Waals surface area contributed by atoms with E-state index in [1.165, 1.54) is 11.0 Å². The van der Waals surface area contributed by atoms with Crippen molar-refractivity contribution in [2.45, 2.75) is 44.8 Å². The van der Waals surface area contributed by atoms with Crippen molar-refractivity contribution in [3.8, 4) is 17.6 Å². The van der Waals surface area contributed by atoms with Crippen molar-refractivity contribution in [1.29, 1.82) is 0 Å². The average molecular weight is 517 g/mol. The van der Waals surface area contributed by atoms with Crippen molar-refractivity contribution in [2.75, 3.05) is 0 Å². The van der Waals surface area contributed by atoms with Crippen molar-refractivity contribution in [3.63, 3.8) is 0 Å². The average Bonchev–Trinajstić information content (AvgIpc) is 3.21. The highest BCUT2D eigenvalue weighted by molar-refractivity contribution is 6.05. The molecule has 0 radical (unpaired) electrons. The molecule has 38 heavy (non-hydrogen) atoms. The van der Waals surface area contributed by atoms with Crippen LogP contribution < -0.4 is 15.4 Å². The van der Waals surface area contributed by atoms with Gasteiger partial charge in [-0.1, -0.05) is 30.2 Å². The molecule has 2 heterocycles. The van der Waals surface area contributed by atoms with Gasteiger partial charge in [-0.15, -0.1) is 0 Å². The molecule has 0 saturated carbocycles. The van der Waals surface area contributed by atoms with Crippen LogP contribution >= 0.6 is 0 Å². The Morgan fingerprint density at radius 2 is 1.89 bits per heavy atom. The van der Waals surface area contributed by atoms with Gasteiger partial charge in [0, 0.05) is 31.0 Å². The second-order valence-electron chi connectivity index (χ2n) is 8.69. The third kappa shape index (κ3) is 6.22. The Labute approximate surface area is 217 Å². The van der Waals surface area contributed by atoms with E-state index in [1.54, 1.807) is 36.4 Å². The van der Waals surface area contributed by atoms with Crippen molar-refractivity contribution in [2.24, 2.45) is 0 Å². The molecule has 3 N–H and O–H groups in total. The minimum atomic E-state index is -1.12. The molecule has 4 rings (SSSR count). The lowest BCUT2D eigenvalue weighted by molar-refractivity contribution is -0.142. The summed E-state index contributed by atoms with van der Waals surface area (Å²) in [5, 5.41) is 13.6. The number of fused-ring (bicyclic) bond motifs is 1. The molecule has 0 aromatic heterocycles. The summed E-state index contributed by atoms with van der Waals surface area (Å²) in [6, 6.07) is 10.7. The van der Waals surface area contributed by atoms with E-state index >= 15 is 0 Å². The van der Waals surface area contributed by atoms with Gasteiger partial charge >= 0.3 is 11.9 Å². The van der Waals surface area contributed by atoms with Crippen LogP contribution in [0.25, 0.3) is 0 Å². The van der Waals surface area contributed by atoms with Gasteiger partial charge < -0.3 is 20.1 Å². The topological polar surface area (TPSA) is 159 Å². The van der Waals surface area contributed by atoms with Crippen LogP contribution in [0.4, 0.5) is 0 Å². The van der Waals surface area contributed by atoms with Gasteiger partial charge in [0.15, 0.2) is 0 Å². The molecule has 11 nitrogen and oxygen atoms in total. The lowest BCUT2D eigenvalue weighted by Gasteiger charge is -2.29. The third-order valence-electron chi connectivity index (χ3n) is 6.01. The number of nitrogens with zero attached hydrogens (tertiary/aromatic N) is 1. The molecule has 194 valence electrons. The number of carboxylic acid groups (broad SMARTS) is 1. The molecule has 2 aromatic carbocycles. The number of esters is 1. The van der Waals surface area contributed by atoms with Crippen molar-refractivity contribution >= 4 is 35.6 Å². The first kappa shape index (κ1) is 26.1. The number of rotatable bonds is 7. The molecule has 1 fully saturated rings. The number of ether oxygens (including phenoxy) is 1. The second-order valence-corrected chi connectivity index (χ2v) is 8.69. The van der Waals surface area contributed by atoms with E-state index in [1.807, 2.05) is 0 Å². The second kappa shape index (κ2) is 11.4. The highest BCUT2D eigenvalue weighted by atomic mass is 16.5. The summed E-state index contributed by atoms with van der Waals surface area (Å²) in [6.45, 7) is 0.364. The van der Waals surface area contributed by atoms with E-state index in [-0.39, 0.29) is 61.9 Å². The van der Waals surface area contributed by atoms with Gasteiger partial charge in [0.1, 0.15) is 11.8 Å². The number of carboxylic acids is 1. The minimum absolute atomic E-state index is 0.118. The molecule has 2 aliphatic heterocycles. The Kier molecular flexibility index (Phi) is 7.82. The highest BCUT2D eigenvalue weighted by Gasteiger charge is 2.39. The summed E-state index contributed by atoms with van der Waals surface area (Å²) >= 11 is 0. The maximum atomic E-state index is 12.8. The minimum Gasteiger partial charge on any atom is -0.481 e. The van der Waals surface area contributed by atoms with Crippen molar-refractivity contribution in [3.05, 3.63) is 64.7 Å². The molecule has 0 aliphatic carbocycles. The first-order chi connectivity index (χ1) is 18.2. The number of carbonyl (C=O) groups excluding carboxylic acids is 5. The van der Waals surface area contributed by atoms with Crippen LogP contribution in [0.15, 0.2) is 42.5 Å². The van der Waals surface area contributed by atoms with Gasteiger partial charge in [-0.2, -0.15) is 0 Å². The van der Waals surface area contributed by atoms with Crippen LogP contribution in [0.5, 0.6) is 5.75 Å². The summed E-state index contributed by atoms with van der Waals surface area (Å²) in [5.41, 5.74) is 2.20. The molecule has 2 aromatic rings. The molecule has 1 atom stereocenters. The first-order valence-electron chi connectivity index (χ1n) is 11.8. The number of carbonyl (C=O) groups is 6. The highest BCUT2D eigenvalue weighted by Crippen LogP contribution is 2.28. The number of hydrogen-bond acceptors (Lipinski definition) is 7. The summed E-state index contributed by atoms with van der Waals surface area (Å²) in [5.74, 6) is 1.66. The van der Waals surface area contributed by atoms with E-state index in [0.29, 0.717) is 5.56 Å². The number of benzene rings is 2. The Bertz CT molecular complexity index is 1400. The number of nitrogens with one attached hydrogen (secondary N) is 2. The molecule has 1 unspecified atom stereocenters. The summed E-state index contributed by atoms with van der Waals surface area (Å²) < 4.78 is 5.16. The van der Waals surface area contributed by atoms with Crippen LogP contribution in [-0.2, 0) is 37.1 Å². The molecule has 0 bridgehead atoms. The lowest BCUT2D eigenvalue weighted by Crippen LogP contribution is -2.52. The molecule has 11 heteroatoms. The first-order valence-corrected chi connectivity index (χ1v) is 11.8. The van der Waals surface area contributed by atoms with Crippen LogP contribution in [0.1, 0.15) is 52.7 Å². The Morgan fingerprint density at radius 1 is 1.11 bits per heavy atom. The van der Waals surface area contributed by atoms with Gasteiger partial charge in [-0.05, 0) is 35.7 Å². The van der Waals surface area contributed by atoms with E-state index in [2.05, 4.69) is 22.5 Å². The van der Waals surface area contributed by atoms with E-state index < -0.39 is 29.8 Å². The summed E-state index contributed by atoms with van der Waals surface area (Å²) in [4.78, 5) is 72.6. The summed E-state index contributed by atoms with van der Waals surface area (Å²) in [7, 11) is 0. The maximum Gasteiger partial charge on any atom is 0.311 e. The SMILES string of the molecule is O=C(O)CCC(=O)Oc1ccccc1C#CC(=O)NCc1ccc2c(c1)CN(C1CCC(=O)NC1=O)C2=O. The Balaban J connectivity index is 1.35. The fraction of sp³-hybridized carbons (Fsp3) is 0.259. The number of amides is 4. The van der Waals surface area contributed by atoms with Crippen molar-refractivity contribution in [1.82, 2.24) is 15.5 Å². The van der Waals surface area contributed by atoms with Gasteiger partial charge in [0.25, 0.3) is 11.8 Å². The number of aliphatic carboxylic acids is 1. The fourth-order valence-corrected chi connectivity index (χ4v) is 4.13. The standard InChI is InChI=1S/C27H23N3O8/c31-22(9-6-17-3-1-2-4-21(17)38-25(35)12-11-24(33)34)28-14-16-5-7-19-18(13-16)15-30(27(19)37)20-8-10-23(32)29-26(20)36/h1-5,7,13,20H,8,10-12,14-15H2,(H,28,31)(H,33,34)(H,29,32,36). The van der Waals surface area contributed by atoms with E-state index in [0.717, 1.165) is 11.1 Å². The molecular formula is C27H23N3O8. The lowest BCUT2D eigenvalue weighted by atomic mass is 10.0. The normalized spacial score (nSPS) is 16.2. The smallest absolute Gasteiger partial charge is 0.311 e. The third-order valence-corrected chi connectivity index (χ3v) is 6.01. The van der Waals surface area contributed by atoms with E-state index in [4.69, 9.17) is 9.84 Å². The quantitative estimate of drug-likeness (QED) is 0.211. The van der Waals surface area contributed by atoms with Crippen LogP contribution in [0.3, 0.4) is 0 Å². The predicted octanol–water partition coefficient (Wildman–Crippen LogP) is 0.886. The predicted molar refractivity (Wildman–Crippen MR) is 130 cm³/mol. The van der Waals surface area contributed by atoms with Crippen LogP contribution in [-0.4, -0.2) is 51.6 Å². The molecule has 4 amide bonds. The largest absolute Gasteiger partial charge is 0.481 e.